The van der Waals surface area contributed by atoms with Crippen LogP contribution in [-0.4, -0.2) is 22.2 Å². The smallest absolute Gasteiger partial charge is 0.0867 e. The van der Waals surface area contributed by atoms with E-state index in [1.54, 1.807) is 21.0 Å². The number of benzene rings is 2. The van der Waals surface area contributed by atoms with Crippen LogP contribution in [0.15, 0.2) is 48.5 Å². The first kappa shape index (κ1) is 40.7. The van der Waals surface area contributed by atoms with Crippen LogP contribution in [0, 0.1) is 0 Å². The highest BCUT2D eigenvalue weighted by Crippen LogP contribution is 2.35. The van der Waals surface area contributed by atoms with Crippen molar-refractivity contribution in [1.82, 2.24) is 5.09 Å². The number of nitrogens with one attached hydrogen (secondary N) is 1. The third-order valence-electron chi connectivity index (χ3n) is 11.7. The Labute approximate surface area is 297 Å². The van der Waals surface area contributed by atoms with Crippen molar-refractivity contribution in [1.29, 1.82) is 0 Å². The summed E-state index contributed by atoms with van der Waals surface area (Å²) < 4.78 is 0. The molecule has 1 saturated carbocycles. The summed E-state index contributed by atoms with van der Waals surface area (Å²) in [6.45, 7) is 14.4. The van der Waals surface area contributed by atoms with E-state index in [9.17, 15) is 0 Å². The largest absolute Gasteiger partial charge is 0.285 e. The molecule has 1 nitrogen and oxygen atoms in total. The third kappa shape index (κ3) is 12.5. The fourth-order valence-electron chi connectivity index (χ4n) is 8.55. The van der Waals surface area contributed by atoms with Gasteiger partial charge in [0.05, 0.1) is 16.1 Å². The Balaban J connectivity index is 2.15. The number of unbranched alkanes of at least 4 members (excludes halogenated alkanes) is 6. The van der Waals surface area contributed by atoms with Gasteiger partial charge in [0.2, 0.25) is 0 Å². The highest BCUT2D eigenvalue weighted by Gasteiger charge is 2.36. The van der Waals surface area contributed by atoms with Gasteiger partial charge in [-0.05, 0) is 23.5 Å². The molecule has 1 N–H and O–H groups in total. The van der Waals surface area contributed by atoms with Gasteiger partial charge < -0.3 is 0 Å². The van der Waals surface area contributed by atoms with Crippen LogP contribution in [-0.2, 0) is 0 Å². The van der Waals surface area contributed by atoms with Gasteiger partial charge in [-0.25, -0.2) is 0 Å². The first-order valence-corrected chi connectivity index (χ1v) is 27.4. The molecule has 0 aliphatic heterocycles. The maximum Gasteiger partial charge on any atom is 0.0867 e. The molecule has 0 amide bonds. The summed E-state index contributed by atoms with van der Waals surface area (Å²) in [5.41, 5.74) is 0. The van der Waals surface area contributed by atoms with E-state index in [-0.39, 0.29) is 0 Å². The van der Waals surface area contributed by atoms with Crippen LogP contribution in [0.25, 0.3) is 0 Å². The minimum Gasteiger partial charge on any atom is -0.285 e. The van der Waals surface area contributed by atoms with Crippen LogP contribution in [0.5, 0.6) is 0 Å². The van der Waals surface area contributed by atoms with Gasteiger partial charge in [-0.3, -0.25) is 5.09 Å². The molecule has 0 saturated heterocycles. The van der Waals surface area contributed by atoms with Crippen molar-refractivity contribution in [2.75, 3.05) is 0 Å². The summed E-state index contributed by atoms with van der Waals surface area (Å²) in [6, 6.07) is 30.3. The Kier molecular flexibility index (Phi) is 19.8. The summed E-state index contributed by atoms with van der Waals surface area (Å²) in [6.07, 6.45) is 24.7. The molecule has 1 fully saturated rings. The predicted molar refractivity (Wildman–Crippen MR) is 223 cm³/mol. The Morgan fingerprint density at radius 2 is 0.851 bits per heavy atom. The Morgan fingerprint density at radius 1 is 0.511 bits per heavy atom. The molecule has 2 aromatic carbocycles. The zero-order valence-electron chi connectivity index (χ0n) is 32.1. The highest BCUT2D eigenvalue weighted by atomic mass is 31.1. The molecular weight excluding hydrogens is 618 g/mol. The molecule has 0 bridgehead atoms. The fraction of sp³-hybridized carbons (Fsp3) is 0.721. The Bertz CT molecular complexity index is 976. The number of hydrogen-bond donors (Lipinski definition) is 1. The van der Waals surface area contributed by atoms with Crippen molar-refractivity contribution in [3.63, 3.8) is 0 Å². The lowest BCUT2D eigenvalue weighted by molar-refractivity contribution is 0.548. The van der Waals surface area contributed by atoms with E-state index < -0.39 is 24.2 Å². The summed E-state index contributed by atoms with van der Waals surface area (Å²) in [5.74, 6) is 0. The van der Waals surface area contributed by atoms with Crippen LogP contribution in [0.2, 0.25) is 36.3 Å². The summed E-state index contributed by atoms with van der Waals surface area (Å²) in [4.78, 5) is 0. The summed E-state index contributed by atoms with van der Waals surface area (Å²) in [7, 11) is -3.73. The van der Waals surface area contributed by atoms with E-state index in [0.717, 1.165) is 0 Å². The van der Waals surface area contributed by atoms with Gasteiger partial charge in [0.25, 0.3) is 0 Å². The lowest BCUT2D eigenvalue weighted by Crippen LogP contribution is -2.49. The summed E-state index contributed by atoms with van der Waals surface area (Å²) >= 11 is 0. The van der Waals surface area contributed by atoms with E-state index in [4.69, 9.17) is 0 Å². The molecule has 47 heavy (non-hydrogen) atoms. The van der Waals surface area contributed by atoms with Gasteiger partial charge >= 0.3 is 0 Å². The molecule has 0 radical (unpaired) electrons. The molecule has 4 heteroatoms. The van der Waals surface area contributed by atoms with Crippen LogP contribution >= 0.6 is 8.07 Å². The minimum atomic E-state index is -1.57. The lowest BCUT2D eigenvalue weighted by atomic mass is 10.1. The molecular formula is C43H76NPSi2. The van der Waals surface area contributed by atoms with E-state index in [0.29, 0.717) is 6.04 Å². The van der Waals surface area contributed by atoms with Crippen molar-refractivity contribution in [3.05, 3.63) is 48.5 Å². The zero-order valence-corrected chi connectivity index (χ0v) is 35.0. The zero-order chi connectivity index (χ0) is 33.8. The van der Waals surface area contributed by atoms with Gasteiger partial charge in [-0.1, -0.05) is 239 Å². The number of hydrogen-bond acceptors (Lipinski definition) is 1. The molecule has 2 aromatic rings. The van der Waals surface area contributed by atoms with E-state index in [1.165, 1.54) is 152 Å². The van der Waals surface area contributed by atoms with Crippen molar-refractivity contribution in [3.8, 4) is 0 Å². The second-order valence-corrected chi connectivity index (χ2v) is 26.7. The molecule has 0 heterocycles. The average molecular weight is 694 g/mol. The van der Waals surface area contributed by atoms with Gasteiger partial charge in [-0.2, -0.15) is 0 Å². The van der Waals surface area contributed by atoms with Gasteiger partial charge in [0, 0.05) is 14.1 Å². The molecule has 0 unspecified atom stereocenters. The lowest BCUT2D eigenvalue weighted by Gasteiger charge is -2.35. The SMILES string of the molecule is CCCC[Si](CCCC)(CCCC)c1cccc(P(NC2CCCCCC2)c2cccc([Si](CCCC)(CCCC)CCCC)c2)c1. The average Bonchev–Trinajstić information content (AvgIpc) is 3.39. The van der Waals surface area contributed by atoms with Crippen molar-refractivity contribution in [2.45, 2.75) is 199 Å². The standard InChI is InChI=1S/C43H76NPSi2/c1-7-13-31-46(32-14-8-2,33-15-9-3)42-29-23-27-40(37-42)45(44-39-25-21-19-20-22-26-39)41-28-24-30-43(38-41)47(34-16-10-4,35-17-11-5)36-18-12-6/h23-24,27-30,37-39,44H,7-22,25-26,31-36H2,1-6H3. The third-order valence-corrected chi connectivity index (χ3v) is 24.8. The molecule has 0 spiro atoms. The van der Waals surface area contributed by atoms with Crippen molar-refractivity contribution < 1.29 is 0 Å². The minimum absolute atomic E-state index is 0.595. The Hall–Kier alpha value is -0.736. The second kappa shape index (κ2) is 22.9. The molecule has 266 valence electrons. The van der Waals surface area contributed by atoms with Crippen LogP contribution in [0.3, 0.4) is 0 Å². The first-order chi connectivity index (χ1) is 23.0. The topological polar surface area (TPSA) is 12.0 Å². The maximum absolute atomic E-state index is 4.44. The van der Waals surface area contributed by atoms with E-state index >= 15 is 0 Å². The Morgan fingerprint density at radius 3 is 1.17 bits per heavy atom. The number of rotatable bonds is 24. The van der Waals surface area contributed by atoms with Crippen LogP contribution < -0.4 is 26.1 Å². The van der Waals surface area contributed by atoms with E-state index in [2.05, 4.69) is 95.2 Å². The van der Waals surface area contributed by atoms with Crippen molar-refractivity contribution >= 4 is 45.2 Å². The first-order valence-electron chi connectivity index (χ1n) is 20.8. The van der Waals surface area contributed by atoms with Crippen molar-refractivity contribution in [2.24, 2.45) is 0 Å². The van der Waals surface area contributed by atoms with Crippen LogP contribution in [0.4, 0.5) is 0 Å². The predicted octanol–water partition coefficient (Wildman–Crippen LogP) is 12.5. The molecule has 0 aromatic heterocycles. The monoisotopic (exact) mass is 694 g/mol. The fourth-order valence-corrected chi connectivity index (χ4v) is 22.3. The highest BCUT2D eigenvalue weighted by molar-refractivity contribution is 7.71. The molecule has 1 aliphatic carbocycles. The van der Waals surface area contributed by atoms with Gasteiger partial charge in [0.15, 0.2) is 0 Å². The van der Waals surface area contributed by atoms with E-state index in [1.807, 2.05) is 0 Å². The van der Waals surface area contributed by atoms with Crippen LogP contribution in [0.1, 0.15) is 157 Å². The second-order valence-electron chi connectivity index (χ2n) is 15.4. The molecule has 0 atom stereocenters. The maximum atomic E-state index is 4.44. The molecule has 3 rings (SSSR count). The van der Waals surface area contributed by atoms with Gasteiger partial charge in [-0.15, -0.1) is 0 Å². The quantitative estimate of drug-likeness (QED) is 0.0655. The molecule has 1 aliphatic rings. The van der Waals surface area contributed by atoms with Gasteiger partial charge in [0.1, 0.15) is 0 Å². The normalized spacial score (nSPS) is 15.0. The summed E-state index contributed by atoms with van der Waals surface area (Å²) in [5, 5.41) is 11.2.